The van der Waals surface area contributed by atoms with Gasteiger partial charge in [-0.25, -0.2) is 0 Å². The molecule has 0 unspecified atom stereocenters. The maximum atomic E-state index is 12.4. The van der Waals surface area contributed by atoms with Crippen molar-refractivity contribution in [1.29, 1.82) is 0 Å². The van der Waals surface area contributed by atoms with Gasteiger partial charge in [-0.15, -0.1) is 0 Å². The van der Waals surface area contributed by atoms with Crippen LogP contribution in [0.5, 0.6) is 0 Å². The van der Waals surface area contributed by atoms with E-state index in [2.05, 4.69) is 20.6 Å². The minimum atomic E-state index is -0.116. The Labute approximate surface area is 140 Å². The minimum Gasteiger partial charge on any atom is -0.380 e. The SMILES string of the molecule is CO[C@@H]1C[C@H](c2nc(C)no2)N(CC(=O)Nc2cc(C)nn2C)C1. The monoisotopic (exact) mass is 334 g/mol. The summed E-state index contributed by atoms with van der Waals surface area (Å²) in [6, 6.07) is 1.72. The molecule has 1 N–H and O–H groups in total. The highest BCUT2D eigenvalue weighted by atomic mass is 16.5. The van der Waals surface area contributed by atoms with Crippen LogP contribution in [0.4, 0.5) is 5.82 Å². The topological polar surface area (TPSA) is 98.3 Å². The Bertz CT molecular complexity index is 725. The van der Waals surface area contributed by atoms with E-state index in [-0.39, 0.29) is 24.6 Å². The molecule has 0 saturated carbocycles. The fraction of sp³-hybridized carbons (Fsp3) is 0.600. The highest BCUT2D eigenvalue weighted by Crippen LogP contribution is 2.32. The molecule has 9 nitrogen and oxygen atoms in total. The number of nitrogens with one attached hydrogen (secondary N) is 1. The number of likely N-dealkylation sites (tertiary alicyclic amines) is 1. The van der Waals surface area contributed by atoms with Gasteiger partial charge in [-0.05, 0) is 20.3 Å². The molecule has 0 spiro atoms. The summed E-state index contributed by atoms with van der Waals surface area (Å²) in [6.07, 6.45) is 0.755. The standard InChI is InChI=1S/C15H22N6O3/c1-9-5-13(20(3)18-9)17-14(22)8-21-7-11(23-4)6-12(21)15-16-10(2)19-24-15/h5,11-12H,6-8H2,1-4H3,(H,17,22)/t11-,12-/m1/s1. The van der Waals surface area contributed by atoms with E-state index in [0.717, 1.165) is 12.1 Å². The maximum Gasteiger partial charge on any atom is 0.244 e. The van der Waals surface area contributed by atoms with E-state index in [1.54, 1.807) is 25.8 Å². The van der Waals surface area contributed by atoms with E-state index in [0.29, 0.717) is 24.1 Å². The molecule has 2 atom stereocenters. The van der Waals surface area contributed by atoms with E-state index in [1.165, 1.54) is 0 Å². The first-order valence-corrected chi connectivity index (χ1v) is 7.83. The second kappa shape index (κ2) is 6.70. The Kier molecular flexibility index (Phi) is 4.63. The third-order valence-corrected chi connectivity index (χ3v) is 4.14. The first-order valence-electron chi connectivity index (χ1n) is 7.83. The smallest absolute Gasteiger partial charge is 0.244 e. The van der Waals surface area contributed by atoms with Crippen molar-refractivity contribution in [3.8, 4) is 0 Å². The lowest BCUT2D eigenvalue weighted by molar-refractivity contribution is -0.117. The number of anilines is 1. The van der Waals surface area contributed by atoms with Crippen molar-refractivity contribution in [3.63, 3.8) is 0 Å². The Balaban J connectivity index is 1.69. The van der Waals surface area contributed by atoms with E-state index in [1.807, 2.05) is 17.9 Å². The van der Waals surface area contributed by atoms with Gasteiger partial charge >= 0.3 is 0 Å². The molecule has 9 heteroatoms. The van der Waals surface area contributed by atoms with Gasteiger partial charge in [-0.1, -0.05) is 5.16 Å². The lowest BCUT2D eigenvalue weighted by Gasteiger charge is -2.20. The van der Waals surface area contributed by atoms with Crippen molar-refractivity contribution in [2.75, 3.05) is 25.5 Å². The summed E-state index contributed by atoms with van der Waals surface area (Å²) in [5, 5.41) is 10.9. The lowest BCUT2D eigenvalue weighted by atomic mass is 10.2. The number of amides is 1. The van der Waals surface area contributed by atoms with Gasteiger partial charge in [0.1, 0.15) is 5.82 Å². The Morgan fingerprint density at radius 2 is 2.29 bits per heavy atom. The maximum absolute atomic E-state index is 12.4. The minimum absolute atomic E-state index is 0.0361. The van der Waals surface area contributed by atoms with E-state index >= 15 is 0 Å². The second-order valence-corrected chi connectivity index (χ2v) is 6.06. The molecule has 1 amide bonds. The van der Waals surface area contributed by atoms with Crippen LogP contribution in [0.3, 0.4) is 0 Å². The highest BCUT2D eigenvalue weighted by Gasteiger charge is 2.37. The molecule has 0 bridgehead atoms. The van der Waals surface area contributed by atoms with Crippen molar-refractivity contribution in [2.45, 2.75) is 32.4 Å². The fourth-order valence-electron chi connectivity index (χ4n) is 3.01. The number of rotatable bonds is 5. The number of ether oxygens (including phenoxy) is 1. The molecule has 0 aliphatic carbocycles. The lowest BCUT2D eigenvalue weighted by Crippen LogP contribution is -2.34. The van der Waals surface area contributed by atoms with Crippen molar-refractivity contribution in [1.82, 2.24) is 24.8 Å². The van der Waals surface area contributed by atoms with Crippen LogP contribution in [0.15, 0.2) is 10.6 Å². The van der Waals surface area contributed by atoms with Crippen LogP contribution in [0.25, 0.3) is 0 Å². The molecule has 0 radical (unpaired) electrons. The normalized spacial score (nSPS) is 21.3. The number of hydrogen-bond donors (Lipinski definition) is 1. The largest absolute Gasteiger partial charge is 0.380 e. The van der Waals surface area contributed by atoms with Gasteiger partial charge in [-0.3, -0.25) is 14.4 Å². The van der Waals surface area contributed by atoms with Crippen LogP contribution in [0.2, 0.25) is 0 Å². The zero-order valence-corrected chi connectivity index (χ0v) is 14.3. The van der Waals surface area contributed by atoms with Gasteiger partial charge in [0, 0.05) is 26.8 Å². The van der Waals surface area contributed by atoms with Gasteiger partial charge in [0.25, 0.3) is 0 Å². The summed E-state index contributed by atoms with van der Waals surface area (Å²) < 4.78 is 12.4. The van der Waals surface area contributed by atoms with Crippen molar-refractivity contribution in [2.24, 2.45) is 7.05 Å². The third-order valence-electron chi connectivity index (χ3n) is 4.14. The average Bonchev–Trinajstić information content (AvgIpc) is 3.19. The molecule has 1 aliphatic heterocycles. The summed E-state index contributed by atoms with van der Waals surface area (Å²) in [4.78, 5) is 18.7. The van der Waals surface area contributed by atoms with Gasteiger partial charge in [0.15, 0.2) is 5.82 Å². The molecule has 1 saturated heterocycles. The molecule has 3 heterocycles. The van der Waals surface area contributed by atoms with Gasteiger partial charge < -0.3 is 14.6 Å². The predicted octanol–water partition coefficient (Wildman–Crippen LogP) is 0.820. The van der Waals surface area contributed by atoms with Crippen LogP contribution in [0, 0.1) is 13.8 Å². The summed E-state index contributed by atoms with van der Waals surface area (Å²) in [5.74, 6) is 1.66. The first-order chi connectivity index (χ1) is 11.5. The molecule has 2 aromatic heterocycles. The van der Waals surface area contributed by atoms with Gasteiger partial charge in [-0.2, -0.15) is 10.1 Å². The van der Waals surface area contributed by atoms with Crippen LogP contribution < -0.4 is 5.32 Å². The third kappa shape index (κ3) is 3.46. The van der Waals surface area contributed by atoms with Crippen LogP contribution in [0.1, 0.15) is 29.9 Å². The number of carbonyl (C=O) groups excluding carboxylic acids is 1. The predicted molar refractivity (Wildman–Crippen MR) is 85.3 cm³/mol. The molecule has 1 fully saturated rings. The molecular weight excluding hydrogens is 312 g/mol. The summed E-state index contributed by atoms with van der Waals surface area (Å²) in [7, 11) is 3.46. The quantitative estimate of drug-likeness (QED) is 0.864. The number of aryl methyl sites for hydroxylation is 3. The van der Waals surface area contributed by atoms with E-state index in [9.17, 15) is 4.79 Å². The highest BCUT2D eigenvalue weighted by molar-refractivity contribution is 5.91. The number of carbonyl (C=O) groups is 1. The number of hydrogen-bond acceptors (Lipinski definition) is 7. The summed E-state index contributed by atoms with van der Waals surface area (Å²) >= 11 is 0. The van der Waals surface area contributed by atoms with Crippen molar-refractivity contribution < 1.29 is 14.1 Å². The first kappa shape index (κ1) is 16.6. The van der Waals surface area contributed by atoms with Crippen LogP contribution in [-0.4, -0.2) is 57.0 Å². The van der Waals surface area contributed by atoms with Crippen molar-refractivity contribution >= 4 is 11.7 Å². The van der Waals surface area contributed by atoms with Crippen LogP contribution >= 0.6 is 0 Å². The zero-order chi connectivity index (χ0) is 17.3. The van der Waals surface area contributed by atoms with E-state index < -0.39 is 0 Å². The molecule has 3 rings (SSSR count). The van der Waals surface area contributed by atoms with Crippen molar-refractivity contribution in [3.05, 3.63) is 23.5 Å². The summed E-state index contributed by atoms with van der Waals surface area (Å²) in [6.45, 7) is 4.52. The van der Waals surface area contributed by atoms with Crippen LogP contribution in [-0.2, 0) is 16.6 Å². The molecule has 24 heavy (non-hydrogen) atoms. The van der Waals surface area contributed by atoms with Gasteiger partial charge in [0.2, 0.25) is 11.8 Å². The number of nitrogens with zero attached hydrogens (tertiary/aromatic N) is 5. The second-order valence-electron chi connectivity index (χ2n) is 6.06. The Morgan fingerprint density at radius 1 is 1.50 bits per heavy atom. The number of methoxy groups -OCH3 is 1. The fourth-order valence-corrected chi connectivity index (χ4v) is 3.01. The average molecular weight is 334 g/mol. The van der Waals surface area contributed by atoms with Gasteiger partial charge in [0.05, 0.1) is 24.4 Å². The molecule has 2 aromatic rings. The molecule has 130 valence electrons. The van der Waals surface area contributed by atoms with E-state index in [4.69, 9.17) is 9.26 Å². The molecule has 0 aromatic carbocycles. The summed E-state index contributed by atoms with van der Waals surface area (Å²) in [5.41, 5.74) is 0.854. The zero-order valence-electron chi connectivity index (χ0n) is 14.3. The Morgan fingerprint density at radius 3 is 2.88 bits per heavy atom. The molecular formula is C15H22N6O3. The number of aromatic nitrogens is 4. The molecule has 1 aliphatic rings. The Hall–Kier alpha value is -2.26.